The zero-order valence-corrected chi connectivity index (χ0v) is 8.48. The first-order valence-corrected chi connectivity index (χ1v) is 5.73. The largest absolute Gasteiger partial charge is 0.326 e. The number of hydrogen-bond donors (Lipinski definition) is 0. The van der Waals surface area contributed by atoms with E-state index in [2.05, 4.69) is 27.7 Å². The Hall–Kier alpha value is 0.230. The molecule has 0 saturated carbocycles. The van der Waals surface area contributed by atoms with Crippen LogP contribution in [0.15, 0.2) is 0 Å². The van der Waals surface area contributed by atoms with Gasteiger partial charge in [0.05, 0.1) is 7.80 Å². The average Bonchev–Trinajstić information content (AvgIpc) is 2.00. The molecular weight excluding hydrogens is 143 g/mol. The zero-order valence-electron chi connectivity index (χ0n) is 7.48. The molecule has 62 valence electrons. The lowest BCUT2D eigenvalue weighted by molar-refractivity contribution is 0.568. The molecule has 0 heterocycles. The van der Waals surface area contributed by atoms with Crippen LogP contribution >= 0.6 is 7.80 Å². The van der Waals surface area contributed by atoms with Crippen molar-refractivity contribution in [3.63, 3.8) is 0 Å². The topological polar surface area (TPSA) is 17.1 Å². The SMILES string of the molecule is CCC(C)[PH](=O)C(C)CC. The van der Waals surface area contributed by atoms with Crippen LogP contribution in [0.25, 0.3) is 0 Å². The van der Waals surface area contributed by atoms with Gasteiger partial charge in [0.25, 0.3) is 0 Å². The molecule has 0 aromatic carbocycles. The summed E-state index contributed by atoms with van der Waals surface area (Å²) in [4.78, 5) is 0. The Morgan fingerprint density at radius 1 is 1.10 bits per heavy atom. The highest BCUT2D eigenvalue weighted by atomic mass is 31.1. The van der Waals surface area contributed by atoms with Crippen molar-refractivity contribution in [3.05, 3.63) is 0 Å². The molecule has 10 heavy (non-hydrogen) atoms. The summed E-state index contributed by atoms with van der Waals surface area (Å²) in [5.41, 5.74) is 0.889. The predicted octanol–water partition coefficient (Wildman–Crippen LogP) is 3.14. The molecule has 0 aromatic rings. The van der Waals surface area contributed by atoms with Crippen molar-refractivity contribution in [2.45, 2.75) is 51.9 Å². The monoisotopic (exact) mass is 162 g/mol. The fraction of sp³-hybridized carbons (Fsp3) is 1.00. The summed E-state index contributed by atoms with van der Waals surface area (Å²) < 4.78 is 11.5. The Labute approximate surface area is 65.0 Å². The van der Waals surface area contributed by atoms with Gasteiger partial charge in [0, 0.05) is 11.3 Å². The fourth-order valence-corrected chi connectivity index (χ4v) is 2.66. The van der Waals surface area contributed by atoms with Gasteiger partial charge >= 0.3 is 0 Å². The van der Waals surface area contributed by atoms with E-state index in [1.807, 2.05) is 0 Å². The average molecular weight is 162 g/mol. The second-order valence-electron chi connectivity index (χ2n) is 3.02. The minimum Gasteiger partial charge on any atom is -0.326 e. The molecule has 0 saturated heterocycles. The van der Waals surface area contributed by atoms with E-state index < -0.39 is 7.80 Å². The second-order valence-corrected chi connectivity index (χ2v) is 5.80. The molecule has 0 radical (unpaired) electrons. The van der Waals surface area contributed by atoms with Crippen LogP contribution in [-0.4, -0.2) is 11.3 Å². The lowest BCUT2D eigenvalue weighted by atomic mass is 10.4. The Kier molecular flexibility index (Phi) is 5.07. The molecule has 0 aliphatic rings. The first-order valence-electron chi connectivity index (χ1n) is 4.17. The van der Waals surface area contributed by atoms with Crippen molar-refractivity contribution < 1.29 is 4.57 Å². The molecule has 2 atom stereocenters. The van der Waals surface area contributed by atoms with Crippen LogP contribution in [0.5, 0.6) is 0 Å². The van der Waals surface area contributed by atoms with Gasteiger partial charge in [-0.05, 0) is 12.8 Å². The molecule has 2 unspecified atom stereocenters. The van der Waals surface area contributed by atoms with Gasteiger partial charge < -0.3 is 4.57 Å². The Morgan fingerprint density at radius 3 is 1.60 bits per heavy atom. The van der Waals surface area contributed by atoms with E-state index in [0.717, 1.165) is 12.8 Å². The summed E-state index contributed by atoms with van der Waals surface area (Å²) in [5.74, 6) is 0. The molecule has 0 spiro atoms. The Morgan fingerprint density at radius 2 is 1.40 bits per heavy atom. The highest BCUT2D eigenvalue weighted by Crippen LogP contribution is 2.36. The van der Waals surface area contributed by atoms with Gasteiger partial charge in [-0.3, -0.25) is 0 Å². The van der Waals surface area contributed by atoms with E-state index in [1.54, 1.807) is 0 Å². The molecule has 0 bridgehead atoms. The van der Waals surface area contributed by atoms with Crippen molar-refractivity contribution in [1.82, 2.24) is 0 Å². The van der Waals surface area contributed by atoms with Crippen molar-refractivity contribution >= 4 is 7.80 Å². The van der Waals surface area contributed by atoms with Gasteiger partial charge in [-0.1, -0.05) is 27.7 Å². The maximum absolute atomic E-state index is 11.5. The molecule has 0 aromatic heterocycles. The molecule has 0 fully saturated rings. The van der Waals surface area contributed by atoms with Crippen LogP contribution in [0.3, 0.4) is 0 Å². The summed E-state index contributed by atoms with van der Waals surface area (Å²) in [5, 5.41) is 0. The van der Waals surface area contributed by atoms with Crippen LogP contribution in [-0.2, 0) is 4.57 Å². The normalized spacial score (nSPS) is 20.0. The van der Waals surface area contributed by atoms with Crippen LogP contribution in [0, 0.1) is 0 Å². The van der Waals surface area contributed by atoms with Gasteiger partial charge in [0.15, 0.2) is 0 Å². The summed E-state index contributed by atoms with van der Waals surface area (Å²) in [6.07, 6.45) is 2.12. The molecule has 0 aliphatic heterocycles. The van der Waals surface area contributed by atoms with E-state index in [0.29, 0.717) is 11.3 Å². The lowest BCUT2D eigenvalue weighted by Gasteiger charge is -2.13. The van der Waals surface area contributed by atoms with Crippen LogP contribution < -0.4 is 0 Å². The van der Waals surface area contributed by atoms with Crippen LogP contribution in [0.2, 0.25) is 0 Å². The second kappa shape index (κ2) is 4.96. The van der Waals surface area contributed by atoms with E-state index in [1.165, 1.54) is 0 Å². The quantitative estimate of drug-likeness (QED) is 0.580. The smallest absolute Gasteiger partial charge is 0.0815 e. The molecular formula is C8H19OP. The third kappa shape index (κ3) is 2.88. The molecule has 1 nitrogen and oxygen atoms in total. The Bertz CT molecular complexity index is 99.8. The molecule has 0 aliphatic carbocycles. The summed E-state index contributed by atoms with van der Waals surface area (Å²) in [6.45, 7) is 8.39. The maximum Gasteiger partial charge on any atom is 0.0815 e. The summed E-state index contributed by atoms with van der Waals surface area (Å²) in [6, 6.07) is 0. The van der Waals surface area contributed by atoms with E-state index in [4.69, 9.17) is 0 Å². The minimum atomic E-state index is -1.30. The third-order valence-corrected chi connectivity index (χ3v) is 4.96. The third-order valence-electron chi connectivity index (χ3n) is 2.20. The highest BCUT2D eigenvalue weighted by molar-refractivity contribution is 7.46. The molecule has 0 amide bonds. The number of rotatable bonds is 4. The fourth-order valence-electron chi connectivity index (χ4n) is 0.888. The minimum absolute atomic E-state index is 0.444. The van der Waals surface area contributed by atoms with Crippen molar-refractivity contribution in [2.75, 3.05) is 0 Å². The number of hydrogen-bond acceptors (Lipinski definition) is 1. The highest BCUT2D eigenvalue weighted by Gasteiger charge is 2.13. The van der Waals surface area contributed by atoms with E-state index in [9.17, 15) is 4.57 Å². The van der Waals surface area contributed by atoms with Crippen LogP contribution in [0.1, 0.15) is 40.5 Å². The predicted molar refractivity (Wildman–Crippen MR) is 48.5 cm³/mol. The van der Waals surface area contributed by atoms with Gasteiger partial charge in [-0.25, -0.2) is 0 Å². The first-order chi connectivity index (χ1) is 4.63. The van der Waals surface area contributed by atoms with Gasteiger partial charge in [-0.2, -0.15) is 0 Å². The van der Waals surface area contributed by atoms with Crippen LogP contribution in [0.4, 0.5) is 0 Å². The molecule has 0 rings (SSSR count). The van der Waals surface area contributed by atoms with Crippen molar-refractivity contribution in [1.29, 1.82) is 0 Å². The molecule has 0 N–H and O–H groups in total. The van der Waals surface area contributed by atoms with E-state index >= 15 is 0 Å². The summed E-state index contributed by atoms with van der Waals surface area (Å²) >= 11 is 0. The lowest BCUT2D eigenvalue weighted by Crippen LogP contribution is -2.02. The summed E-state index contributed by atoms with van der Waals surface area (Å²) in [7, 11) is -1.30. The standard InChI is InChI=1S/C8H19OP/c1-5-7(3)10(9)8(4)6-2/h7-8,10H,5-6H2,1-4H3. The van der Waals surface area contributed by atoms with Crippen molar-refractivity contribution in [2.24, 2.45) is 0 Å². The van der Waals surface area contributed by atoms with Gasteiger partial charge in [0.2, 0.25) is 0 Å². The molecule has 2 heteroatoms. The Balaban J connectivity index is 3.82. The first kappa shape index (κ1) is 10.2. The van der Waals surface area contributed by atoms with Gasteiger partial charge in [0.1, 0.15) is 0 Å². The van der Waals surface area contributed by atoms with Gasteiger partial charge in [-0.15, -0.1) is 0 Å². The van der Waals surface area contributed by atoms with Crippen molar-refractivity contribution in [3.8, 4) is 0 Å². The zero-order chi connectivity index (χ0) is 8.15. The van der Waals surface area contributed by atoms with E-state index in [-0.39, 0.29) is 0 Å². The maximum atomic E-state index is 11.5.